The first kappa shape index (κ1) is 14.2. The average molecular weight is 320 g/mol. The SMILES string of the molecule is O=S(=O)(C1=Cc2ccccc2OC1)N1CC[C@@H]2NCC[C@@H]2C1. The number of nitrogens with zero attached hydrogens (tertiary/aromatic N) is 1. The van der Waals surface area contributed by atoms with Crippen LogP contribution in [0, 0.1) is 5.92 Å². The molecule has 2 fully saturated rings. The molecule has 0 saturated carbocycles. The monoisotopic (exact) mass is 320 g/mol. The van der Waals surface area contributed by atoms with Gasteiger partial charge in [-0.25, -0.2) is 8.42 Å². The lowest BCUT2D eigenvalue weighted by Crippen LogP contribution is -2.47. The lowest BCUT2D eigenvalue weighted by molar-refractivity contribution is 0.247. The van der Waals surface area contributed by atoms with Gasteiger partial charge in [-0.3, -0.25) is 0 Å². The van der Waals surface area contributed by atoms with E-state index >= 15 is 0 Å². The van der Waals surface area contributed by atoms with Crippen LogP contribution >= 0.6 is 0 Å². The summed E-state index contributed by atoms with van der Waals surface area (Å²) in [4.78, 5) is 0.371. The molecule has 0 spiro atoms. The Bertz CT molecular complexity index is 714. The molecule has 4 rings (SSSR count). The summed E-state index contributed by atoms with van der Waals surface area (Å²) in [6.07, 6.45) is 3.72. The van der Waals surface area contributed by atoms with Crippen molar-refractivity contribution >= 4 is 16.1 Å². The zero-order valence-electron chi connectivity index (χ0n) is 12.4. The predicted molar refractivity (Wildman–Crippen MR) is 84.9 cm³/mol. The lowest BCUT2D eigenvalue weighted by atomic mass is 9.95. The largest absolute Gasteiger partial charge is 0.487 e. The van der Waals surface area contributed by atoms with Gasteiger partial charge in [0.05, 0.1) is 4.91 Å². The van der Waals surface area contributed by atoms with Crippen LogP contribution in [0.4, 0.5) is 0 Å². The molecule has 0 aliphatic carbocycles. The van der Waals surface area contributed by atoms with E-state index in [1.165, 1.54) is 0 Å². The van der Waals surface area contributed by atoms with Gasteiger partial charge in [0.2, 0.25) is 10.0 Å². The molecule has 1 aromatic carbocycles. The summed E-state index contributed by atoms with van der Waals surface area (Å²) in [6, 6.07) is 8.03. The van der Waals surface area contributed by atoms with Gasteiger partial charge in [0.25, 0.3) is 0 Å². The second kappa shape index (κ2) is 5.37. The number of rotatable bonds is 2. The van der Waals surface area contributed by atoms with Crippen molar-refractivity contribution in [2.75, 3.05) is 26.2 Å². The second-order valence-electron chi connectivity index (χ2n) is 6.20. The van der Waals surface area contributed by atoms with Gasteiger partial charge in [-0.05, 0) is 37.4 Å². The van der Waals surface area contributed by atoms with Gasteiger partial charge in [-0.2, -0.15) is 4.31 Å². The minimum atomic E-state index is -3.42. The van der Waals surface area contributed by atoms with Crippen molar-refractivity contribution in [1.29, 1.82) is 0 Å². The van der Waals surface area contributed by atoms with Crippen LogP contribution < -0.4 is 10.1 Å². The summed E-state index contributed by atoms with van der Waals surface area (Å²) in [7, 11) is -3.42. The Hall–Kier alpha value is -1.37. The first-order valence-corrected chi connectivity index (χ1v) is 9.24. The second-order valence-corrected chi connectivity index (χ2v) is 8.19. The van der Waals surface area contributed by atoms with E-state index < -0.39 is 10.0 Å². The smallest absolute Gasteiger partial charge is 0.242 e. The molecule has 3 aliphatic heterocycles. The van der Waals surface area contributed by atoms with Gasteiger partial charge in [-0.15, -0.1) is 0 Å². The molecule has 2 saturated heterocycles. The fourth-order valence-electron chi connectivity index (χ4n) is 3.64. The molecule has 22 heavy (non-hydrogen) atoms. The molecule has 0 unspecified atom stereocenters. The number of ether oxygens (including phenoxy) is 1. The number of piperidine rings is 1. The molecule has 0 amide bonds. The maximum atomic E-state index is 12.9. The van der Waals surface area contributed by atoms with Crippen LogP contribution in [-0.4, -0.2) is 45.0 Å². The van der Waals surface area contributed by atoms with E-state index in [0.29, 0.717) is 30.0 Å². The molecule has 6 heteroatoms. The summed E-state index contributed by atoms with van der Waals surface area (Å²) in [5.74, 6) is 1.20. The van der Waals surface area contributed by atoms with Crippen molar-refractivity contribution in [2.24, 2.45) is 5.92 Å². The molecular weight excluding hydrogens is 300 g/mol. The third kappa shape index (κ3) is 2.35. The van der Waals surface area contributed by atoms with Crippen molar-refractivity contribution in [2.45, 2.75) is 18.9 Å². The number of hydrogen-bond donors (Lipinski definition) is 1. The molecule has 2 atom stereocenters. The van der Waals surface area contributed by atoms with Crippen molar-refractivity contribution in [1.82, 2.24) is 9.62 Å². The Balaban J connectivity index is 1.60. The van der Waals surface area contributed by atoms with E-state index in [1.54, 1.807) is 10.4 Å². The third-order valence-corrected chi connectivity index (χ3v) is 6.80. The number of nitrogens with one attached hydrogen (secondary N) is 1. The maximum absolute atomic E-state index is 12.9. The van der Waals surface area contributed by atoms with Gasteiger partial charge < -0.3 is 10.1 Å². The van der Waals surface area contributed by atoms with E-state index in [1.807, 2.05) is 24.3 Å². The zero-order chi connectivity index (χ0) is 15.2. The molecule has 0 radical (unpaired) electrons. The van der Waals surface area contributed by atoms with Gasteiger partial charge in [0, 0.05) is 24.7 Å². The molecule has 3 heterocycles. The zero-order valence-corrected chi connectivity index (χ0v) is 13.2. The summed E-state index contributed by atoms with van der Waals surface area (Å²) < 4.78 is 33.0. The molecule has 1 N–H and O–H groups in total. The minimum Gasteiger partial charge on any atom is -0.487 e. The van der Waals surface area contributed by atoms with Gasteiger partial charge >= 0.3 is 0 Å². The lowest BCUT2D eigenvalue weighted by Gasteiger charge is -2.34. The molecular formula is C16H20N2O3S. The molecule has 5 nitrogen and oxygen atoms in total. The molecule has 0 aromatic heterocycles. The Labute approximate surface area is 131 Å². The van der Waals surface area contributed by atoms with Gasteiger partial charge in [-0.1, -0.05) is 18.2 Å². The van der Waals surface area contributed by atoms with Gasteiger partial charge in [0.15, 0.2) is 0 Å². The normalized spacial score (nSPS) is 28.5. The van der Waals surface area contributed by atoms with Crippen molar-refractivity contribution in [3.63, 3.8) is 0 Å². The topological polar surface area (TPSA) is 58.6 Å². The predicted octanol–water partition coefficient (Wildman–Crippen LogP) is 1.43. The Morgan fingerprint density at radius 1 is 1.23 bits per heavy atom. The highest BCUT2D eigenvalue weighted by Gasteiger charge is 2.38. The highest BCUT2D eigenvalue weighted by Crippen LogP contribution is 2.32. The molecule has 0 bridgehead atoms. The summed E-state index contributed by atoms with van der Waals surface area (Å²) in [5, 5.41) is 3.46. The van der Waals surface area contributed by atoms with Crippen LogP contribution in [0.25, 0.3) is 6.08 Å². The van der Waals surface area contributed by atoms with Crippen LogP contribution in [0.1, 0.15) is 18.4 Å². The molecule has 1 aromatic rings. The van der Waals surface area contributed by atoms with Crippen molar-refractivity contribution in [3.05, 3.63) is 34.7 Å². The van der Waals surface area contributed by atoms with E-state index in [2.05, 4.69) is 5.32 Å². The number of para-hydroxylation sites is 1. The maximum Gasteiger partial charge on any atom is 0.242 e. The van der Waals surface area contributed by atoms with E-state index in [9.17, 15) is 8.42 Å². The number of fused-ring (bicyclic) bond motifs is 2. The third-order valence-electron chi connectivity index (χ3n) is 4.90. The van der Waals surface area contributed by atoms with Crippen molar-refractivity contribution in [3.8, 4) is 5.75 Å². The van der Waals surface area contributed by atoms with Crippen molar-refractivity contribution < 1.29 is 13.2 Å². The standard InChI is InChI=1S/C16H20N2O3S/c19-22(20,18-8-6-15-13(10-18)5-7-17-15)14-9-12-3-1-2-4-16(12)21-11-14/h1-4,9,13,15,17H,5-8,10-11H2/t13-,15+/m1/s1. The highest BCUT2D eigenvalue weighted by molar-refractivity contribution is 7.93. The van der Waals surface area contributed by atoms with E-state index in [4.69, 9.17) is 4.74 Å². The fraction of sp³-hybridized carbons (Fsp3) is 0.500. The molecule has 3 aliphatic rings. The summed E-state index contributed by atoms with van der Waals surface area (Å²) in [6.45, 7) is 2.35. The van der Waals surface area contributed by atoms with Crippen LogP contribution in [-0.2, 0) is 10.0 Å². The van der Waals surface area contributed by atoms with Crippen LogP contribution in [0.2, 0.25) is 0 Å². The van der Waals surface area contributed by atoms with Gasteiger partial charge in [0.1, 0.15) is 12.4 Å². The Kier molecular flexibility index (Phi) is 3.47. The summed E-state index contributed by atoms with van der Waals surface area (Å²) in [5.41, 5.74) is 0.838. The number of benzene rings is 1. The minimum absolute atomic E-state index is 0.127. The van der Waals surface area contributed by atoms with Crippen LogP contribution in [0.3, 0.4) is 0 Å². The molecule has 118 valence electrons. The average Bonchev–Trinajstić information content (AvgIpc) is 3.02. The first-order valence-electron chi connectivity index (χ1n) is 7.80. The quantitative estimate of drug-likeness (QED) is 0.896. The summed E-state index contributed by atoms with van der Waals surface area (Å²) >= 11 is 0. The Morgan fingerprint density at radius 2 is 2.09 bits per heavy atom. The van der Waals surface area contributed by atoms with E-state index in [-0.39, 0.29) is 6.61 Å². The van der Waals surface area contributed by atoms with E-state index in [0.717, 1.165) is 30.7 Å². The highest BCUT2D eigenvalue weighted by atomic mass is 32.2. The fourth-order valence-corrected chi connectivity index (χ4v) is 5.19. The Morgan fingerprint density at radius 3 is 3.00 bits per heavy atom. The van der Waals surface area contributed by atoms with Crippen LogP contribution in [0.15, 0.2) is 29.2 Å². The number of sulfonamides is 1. The number of hydrogen-bond acceptors (Lipinski definition) is 4. The first-order chi connectivity index (χ1) is 10.6. The van der Waals surface area contributed by atoms with Crippen LogP contribution in [0.5, 0.6) is 5.75 Å².